The molecule has 2 bridgehead atoms. The van der Waals surface area contributed by atoms with E-state index in [-0.39, 0.29) is 23.2 Å². The van der Waals surface area contributed by atoms with Gasteiger partial charge in [0, 0.05) is 6.04 Å². The lowest BCUT2D eigenvalue weighted by atomic mass is 9.88. The second-order valence-corrected chi connectivity index (χ2v) is 14.6. The van der Waals surface area contributed by atoms with E-state index in [1.54, 1.807) is 0 Å². The summed E-state index contributed by atoms with van der Waals surface area (Å²) in [5.74, 6) is -0.225. The molecule has 3 atom stereocenters. The van der Waals surface area contributed by atoms with Gasteiger partial charge in [0.2, 0.25) is 0 Å². The van der Waals surface area contributed by atoms with Crippen LogP contribution >= 0.6 is 0 Å². The van der Waals surface area contributed by atoms with Crippen molar-refractivity contribution in [1.82, 2.24) is 4.90 Å². The molecule has 3 rings (SSSR count). The van der Waals surface area contributed by atoms with Crippen LogP contribution in [0.1, 0.15) is 44.7 Å². The second kappa shape index (κ2) is 7.43. The largest absolute Gasteiger partial charge is 0.466 e. The van der Waals surface area contributed by atoms with Crippen LogP contribution in [0, 0.1) is 6.92 Å². The van der Waals surface area contributed by atoms with Gasteiger partial charge in [-0.15, -0.1) is 0 Å². The summed E-state index contributed by atoms with van der Waals surface area (Å²) in [5, 5.41) is 0.136. The summed E-state index contributed by atoms with van der Waals surface area (Å²) in [6.45, 7) is 13.5. The monoisotopic (exact) mass is 401 g/mol. The summed E-state index contributed by atoms with van der Waals surface area (Å²) < 4.78 is 12.1. The first kappa shape index (κ1) is 21.3. The maximum atomic E-state index is 12.9. The van der Waals surface area contributed by atoms with Crippen LogP contribution in [0.25, 0.3) is 5.57 Å². The molecule has 5 heteroatoms. The van der Waals surface area contributed by atoms with Gasteiger partial charge in [-0.05, 0) is 56.1 Å². The summed E-state index contributed by atoms with van der Waals surface area (Å²) in [6, 6.07) is 8.83. The number of benzene rings is 1. The van der Waals surface area contributed by atoms with E-state index >= 15 is 0 Å². The first-order valence-electron chi connectivity index (χ1n) is 10.2. The van der Waals surface area contributed by atoms with E-state index in [0.29, 0.717) is 6.04 Å². The van der Waals surface area contributed by atoms with E-state index in [1.807, 2.05) is 0 Å². The molecular formula is C23H35NO3Si. The molecule has 2 heterocycles. The van der Waals surface area contributed by atoms with Gasteiger partial charge >= 0.3 is 5.97 Å². The number of nitrogens with zero attached hydrogens (tertiary/aromatic N) is 1. The third kappa shape index (κ3) is 3.72. The summed E-state index contributed by atoms with van der Waals surface area (Å²) in [5.41, 5.74) is 4.26. The Morgan fingerprint density at radius 2 is 1.79 bits per heavy atom. The Kier molecular flexibility index (Phi) is 5.65. The van der Waals surface area contributed by atoms with Gasteiger partial charge in [0.25, 0.3) is 0 Å². The number of methoxy groups -OCH3 is 1. The predicted octanol–water partition coefficient (Wildman–Crippen LogP) is 4.79. The Morgan fingerprint density at radius 1 is 1.18 bits per heavy atom. The molecule has 0 unspecified atom stereocenters. The van der Waals surface area contributed by atoms with Gasteiger partial charge in [0.1, 0.15) is 0 Å². The van der Waals surface area contributed by atoms with Crippen molar-refractivity contribution in [3.05, 3.63) is 41.0 Å². The summed E-state index contributed by atoms with van der Waals surface area (Å²) >= 11 is 0. The fourth-order valence-electron chi connectivity index (χ4n) is 4.24. The molecule has 1 aromatic carbocycles. The van der Waals surface area contributed by atoms with Gasteiger partial charge < -0.3 is 9.16 Å². The normalized spacial score (nSPS) is 25.9. The molecule has 154 valence electrons. The molecule has 2 aliphatic heterocycles. The summed E-state index contributed by atoms with van der Waals surface area (Å²) in [4.78, 5) is 15.2. The Labute approximate surface area is 171 Å². The molecule has 0 N–H and O–H groups in total. The van der Waals surface area contributed by atoms with Crippen LogP contribution in [0.5, 0.6) is 0 Å². The third-order valence-corrected chi connectivity index (χ3v) is 11.5. The molecule has 0 spiro atoms. The van der Waals surface area contributed by atoms with E-state index < -0.39 is 8.32 Å². The summed E-state index contributed by atoms with van der Waals surface area (Å²) in [7, 11) is 1.66. The SMILES string of the molecule is COC(=O)C1=C(c2ccc(C)cc2)C[C@@H]2C[C@H](O[Si](C)(C)C(C)(C)C)[C@H]1N2C. The van der Waals surface area contributed by atoms with Crippen LogP contribution in [-0.4, -0.2) is 51.5 Å². The van der Waals surface area contributed by atoms with Gasteiger partial charge in [-0.2, -0.15) is 0 Å². The smallest absolute Gasteiger partial charge is 0.335 e. The molecule has 4 nitrogen and oxygen atoms in total. The molecule has 1 saturated heterocycles. The lowest BCUT2D eigenvalue weighted by molar-refractivity contribution is -0.137. The minimum Gasteiger partial charge on any atom is -0.466 e. The average Bonchev–Trinajstić information content (AvgIpc) is 2.79. The third-order valence-electron chi connectivity index (χ3n) is 6.99. The topological polar surface area (TPSA) is 38.8 Å². The molecule has 2 aliphatic rings. The van der Waals surface area contributed by atoms with Crippen LogP contribution in [-0.2, 0) is 14.0 Å². The molecular weight excluding hydrogens is 366 g/mol. The number of rotatable bonds is 4. The van der Waals surface area contributed by atoms with Gasteiger partial charge in [-0.25, -0.2) is 4.79 Å². The average molecular weight is 402 g/mol. The number of fused-ring (bicyclic) bond motifs is 2. The summed E-state index contributed by atoms with van der Waals surface area (Å²) in [6.07, 6.45) is 1.86. The number of aryl methyl sites for hydroxylation is 1. The van der Waals surface area contributed by atoms with E-state index in [0.717, 1.165) is 29.6 Å². The molecule has 0 amide bonds. The fourth-order valence-corrected chi connectivity index (χ4v) is 5.58. The van der Waals surface area contributed by atoms with E-state index in [9.17, 15) is 4.79 Å². The van der Waals surface area contributed by atoms with Crippen LogP contribution in [0.3, 0.4) is 0 Å². The highest BCUT2D eigenvalue weighted by atomic mass is 28.4. The van der Waals surface area contributed by atoms with Gasteiger partial charge in [0.05, 0.1) is 24.8 Å². The minimum absolute atomic E-state index is 0.0351. The number of hydrogen-bond acceptors (Lipinski definition) is 4. The van der Waals surface area contributed by atoms with Crippen molar-refractivity contribution < 1.29 is 14.0 Å². The molecule has 0 saturated carbocycles. The highest BCUT2D eigenvalue weighted by Gasteiger charge is 2.51. The van der Waals surface area contributed by atoms with Crippen molar-refractivity contribution >= 4 is 19.9 Å². The van der Waals surface area contributed by atoms with Crippen LogP contribution in [0.4, 0.5) is 0 Å². The highest BCUT2D eigenvalue weighted by Crippen LogP contribution is 2.46. The number of esters is 1. The van der Waals surface area contributed by atoms with E-state index in [4.69, 9.17) is 9.16 Å². The standard InChI is InChI=1S/C23H35NO3Si/c1-15-9-11-16(12-10-15)18-13-17-14-19(27-28(7,8)23(2,3)4)21(24(17)5)20(18)22(25)26-6/h9-12,17,19,21H,13-14H2,1-8H3/t17-,19+,21-/m1/s1. The molecule has 1 aromatic rings. The lowest BCUT2D eigenvalue weighted by Crippen LogP contribution is -2.49. The van der Waals surface area contributed by atoms with Gasteiger partial charge in [-0.1, -0.05) is 50.6 Å². The van der Waals surface area contributed by atoms with Crippen molar-refractivity contribution in [2.45, 2.75) is 76.9 Å². The minimum atomic E-state index is -1.94. The number of carbonyl (C=O) groups is 1. The van der Waals surface area contributed by atoms with Crippen molar-refractivity contribution in [2.75, 3.05) is 14.2 Å². The Hall–Kier alpha value is -1.43. The quantitative estimate of drug-likeness (QED) is 0.537. The van der Waals surface area contributed by atoms with E-state index in [2.05, 4.69) is 77.0 Å². The van der Waals surface area contributed by atoms with Crippen LogP contribution < -0.4 is 0 Å². The number of likely N-dealkylation sites (N-methyl/N-ethyl adjacent to an activating group) is 1. The van der Waals surface area contributed by atoms with Crippen molar-refractivity contribution in [3.63, 3.8) is 0 Å². The molecule has 28 heavy (non-hydrogen) atoms. The number of ether oxygens (including phenoxy) is 1. The molecule has 1 fully saturated rings. The Balaban J connectivity index is 2.05. The zero-order valence-corrected chi connectivity index (χ0v) is 19.6. The van der Waals surface area contributed by atoms with Crippen molar-refractivity contribution in [2.24, 2.45) is 0 Å². The van der Waals surface area contributed by atoms with E-state index in [1.165, 1.54) is 12.7 Å². The Morgan fingerprint density at radius 3 is 2.32 bits per heavy atom. The fraction of sp³-hybridized carbons (Fsp3) is 0.609. The number of carbonyl (C=O) groups excluding carboxylic acids is 1. The number of hydrogen-bond donors (Lipinski definition) is 0. The first-order chi connectivity index (χ1) is 13.0. The maximum Gasteiger partial charge on any atom is 0.335 e. The second-order valence-electron chi connectivity index (χ2n) is 9.87. The van der Waals surface area contributed by atoms with Crippen LogP contribution in [0.15, 0.2) is 29.8 Å². The Bertz CT molecular complexity index is 776. The van der Waals surface area contributed by atoms with Crippen LogP contribution in [0.2, 0.25) is 18.1 Å². The zero-order valence-electron chi connectivity index (χ0n) is 18.6. The van der Waals surface area contributed by atoms with Gasteiger partial charge in [0.15, 0.2) is 8.32 Å². The highest BCUT2D eigenvalue weighted by molar-refractivity contribution is 6.74. The first-order valence-corrected chi connectivity index (χ1v) is 13.1. The lowest BCUT2D eigenvalue weighted by Gasteiger charge is -2.41. The van der Waals surface area contributed by atoms with Gasteiger partial charge in [-0.3, -0.25) is 4.90 Å². The molecule has 0 aliphatic carbocycles. The predicted molar refractivity (Wildman–Crippen MR) is 117 cm³/mol. The van der Waals surface area contributed by atoms with Crippen molar-refractivity contribution in [3.8, 4) is 0 Å². The van der Waals surface area contributed by atoms with Crippen molar-refractivity contribution in [1.29, 1.82) is 0 Å². The maximum absolute atomic E-state index is 12.9. The molecule has 0 aromatic heterocycles. The molecule has 0 radical (unpaired) electrons. The zero-order chi connectivity index (χ0) is 20.9.